The van der Waals surface area contributed by atoms with Gasteiger partial charge < -0.3 is 4.74 Å². The molecule has 1 amide bonds. The number of hydrogen-bond acceptors (Lipinski definition) is 5. The third-order valence-corrected chi connectivity index (χ3v) is 2.07. The van der Waals surface area contributed by atoms with Crippen molar-refractivity contribution in [3.05, 3.63) is 29.8 Å². The van der Waals surface area contributed by atoms with E-state index in [1.165, 1.54) is 29.0 Å². The number of carbonyl (C=O) groups excluding carboxylic acids is 2. The molecule has 8 heteroatoms. The molecule has 0 aliphatic heterocycles. The van der Waals surface area contributed by atoms with Crippen LogP contribution < -0.4 is 9.46 Å². The smallest absolute Gasteiger partial charge is 0.410 e. The van der Waals surface area contributed by atoms with Gasteiger partial charge in [-0.1, -0.05) is 0 Å². The van der Waals surface area contributed by atoms with E-state index in [0.717, 1.165) is 0 Å². The van der Waals surface area contributed by atoms with Gasteiger partial charge in [-0.05, 0) is 24.3 Å². The number of halogens is 1. The van der Waals surface area contributed by atoms with E-state index in [4.69, 9.17) is 10.7 Å². The summed E-state index contributed by atoms with van der Waals surface area (Å²) < 4.78 is 26.8. The first kappa shape index (κ1) is 12.5. The molecular weight excluding hydrogens is 258 g/mol. The predicted octanol–water partition coefficient (Wildman–Crippen LogP) is 1.07. The van der Waals surface area contributed by atoms with Gasteiger partial charge in [0, 0.05) is 16.2 Å². The summed E-state index contributed by atoms with van der Waals surface area (Å²) in [5, 5.41) is 0. The van der Waals surface area contributed by atoms with Crippen molar-refractivity contribution in [3.8, 4) is 5.75 Å². The van der Waals surface area contributed by atoms with Gasteiger partial charge >= 0.3 is 15.3 Å². The number of amides is 1. The fraction of sp³-hybridized carbons (Fsp3) is 0. The number of benzene rings is 1. The van der Waals surface area contributed by atoms with E-state index in [1.54, 1.807) is 0 Å². The molecule has 0 radical (unpaired) electrons. The minimum absolute atomic E-state index is 0.0865. The highest BCUT2D eigenvalue weighted by Gasteiger charge is 2.12. The number of nitrogens with one attached hydrogen (secondary N) is 1. The van der Waals surface area contributed by atoms with E-state index in [2.05, 4.69) is 4.74 Å². The number of rotatable bonds is 3. The summed E-state index contributed by atoms with van der Waals surface area (Å²) in [6.45, 7) is 0. The first-order valence-electron chi connectivity index (χ1n) is 3.90. The number of carbonyl (C=O) groups is 2. The van der Waals surface area contributed by atoms with Crippen molar-refractivity contribution in [2.75, 3.05) is 0 Å². The molecule has 0 unspecified atom stereocenters. The van der Waals surface area contributed by atoms with Crippen molar-refractivity contribution in [3.63, 3.8) is 0 Å². The van der Waals surface area contributed by atoms with Gasteiger partial charge in [0.15, 0.2) is 0 Å². The number of hydrogen-bond donors (Lipinski definition) is 1. The van der Waals surface area contributed by atoms with E-state index in [9.17, 15) is 18.0 Å². The summed E-state index contributed by atoms with van der Waals surface area (Å²) in [6, 6.07) is 5.49. The fourth-order valence-corrected chi connectivity index (χ4v) is 1.27. The minimum Gasteiger partial charge on any atom is -0.410 e. The molecule has 1 aromatic carbocycles. The topological polar surface area (TPSA) is 89.5 Å². The van der Waals surface area contributed by atoms with Gasteiger partial charge in [-0.15, -0.1) is 0 Å². The lowest BCUT2D eigenvalue weighted by molar-refractivity contribution is 0.112. The molecule has 0 aliphatic carbocycles. The summed E-state index contributed by atoms with van der Waals surface area (Å²) in [6.07, 6.45) is -0.610. The zero-order chi connectivity index (χ0) is 12.2. The lowest BCUT2D eigenvalue weighted by Crippen LogP contribution is -2.29. The van der Waals surface area contributed by atoms with Crippen LogP contribution in [0.1, 0.15) is 10.4 Å². The van der Waals surface area contributed by atoms with E-state index >= 15 is 0 Å². The van der Waals surface area contributed by atoms with Crippen LogP contribution in [0.15, 0.2) is 24.3 Å². The minimum atomic E-state index is -4.16. The highest BCUT2D eigenvalue weighted by molar-refractivity contribution is 8.12. The first-order chi connectivity index (χ1) is 7.40. The Labute approximate surface area is 95.7 Å². The molecule has 86 valence electrons. The van der Waals surface area contributed by atoms with Crippen LogP contribution in [-0.2, 0) is 9.24 Å². The Morgan fingerprint density at radius 3 is 2.31 bits per heavy atom. The van der Waals surface area contributed by atoms with Crippen LogP contribution in [0.2, 0.25) is 0 Å². The second-order valence-corrected chi connectivity index (χ2v) is 4.91. The van der Waals surface area contributed by atoms with Crippen molar-refractivity contribution in [2.45, 2.75) is 0 Å². The molecule has 0 spiro atoms. The van der Waals surface area contributed by atoms with Gasteiger partial charge in [0.25, 0.3) is 0 Å². The van der Waals surface area contributed by atoms with Crippen molar-refractivity contribution >= 4 is 32.3 Å². The monoisotopic (exact) mass is 263 g/mol. The summed E-state index contributed by atoms with van der Waals surface area (Å²) in [5.74, 6) is 0.0865. The van der Waals surface area contributed by atoms with Gasteiger partial charge in [-0.2, -0.15) is 8.42 Å². The summed E-state index contributed by atoms with van der Waals surface area (Å²) in [7, 11) is 0.591. The van der Waals surface area contributed by atoms with Gasteiger partial charge in [-0.3, -0.25) is 4.79 Å². The molecular formula is C8H6ClNO5S. The molecule has 0 aliphatic rings. The van der Waals surface area contributed by atoms with Crippen LogP contribution in [0.4, 0.5) is 4.79 Å². The lowest BCUT2D eigenvalue weighted by Gasteiger charge is -2.03. The molecule has 0 saturated carbocycles. The molecule has 0 fully saturated rings. The molecule has 16 heavy (non-hydrogen) atoms. The zero-order valence-corrected chi connectivity index (χ0v) is 9.29. The van der Waals surface area contributed by atoms with Crippen molar-refractivity contribution in [1.82, 2.24) is 4.72 Å². The Kier molecular flexibility index (Phi) is 3.86. The van der Waals surface area contributed by atoms with E-state index in [-0.39, 0.29) is 5.75 Å². The normalized spacial score (nSPS) is 10.6. The molecule has 0 bridgehead atoms. The Morgan fingerprint density at radius 2 is 1.88 bits per heavy atom. The lowest BCUT2D eigenvalue weighted by atomic mass is 10.2. The van der Waals surface area contributed by atoms with Crippen LogP contribution in [-0.4, -0.2) is 20.8 Å². The Bertz CT molecular complexity index is 496. The summed E-state index contributed by atoms with van der Waals surface area (Å²) in [4.78, 5) is 21.2. The molecule has 1 rings (SSSR count). The average molecular weight is 264 g/mol. The van der Waals surface area contributed by atoms with Crippen LogP contribution in [0, 0.1) is 0 Å². The quantitative estimate of drug-likeness (QED) is 0.651. The van der Waals surface area contributed by atoms with Crippen LogP contribution in [0.3, 0.4) is 0 Å². The van der Waals surface area contributed by atoms with Gasteiger partial charge in [0.2, 0.25) is 0 Å². The van der Waals surface area contributed by atoms with Crippen LogP contribution in [0.25, 0.3) is 0 Å². The molecule has 6 nitrogen and oxygen atoms in total. The second kappa shape index (κ2) is 4.95. The Morgan fingerprint density at radius 1 is 1.31 bits per heavy atom. The first-order valence-corrected chi connectivity index (χ1v) is 6.21. The van der Waals surface area contributed by atoms with E-state index in [0.29, 0.717) is 11.8 Å². The number of aldehydes is 1. The Balaban J connectivity index is 2.66. The number of ether oxygens (including phenoxy) is 1. The molecule has 1 N–H and O–H groups in total. The van der Waals surface area contributed by atoms with Crippen molar-refractivity contribution in [1.29, 1.82) is 0 Å². The molecule has 0 aromatic heterocycles. The Hall–Kier alpha value is -1.60. The maximum atomic E-state index is 10.9. The SMILES string of the molecule is O=Cc1ccc(OC(=O)NS(=O)(=O)Cl)cc1. The molecule has 1 aromatic rings. The highest BCUT2D eigenvalue weighted by Crippen LogP contribution is 2.11. The van der Waals surface area contributed by atoms with Crippen LogP contribution in [0.5, 0.6) is 5.75 Å². The van der Waals surface area contributed by atoms with E-state index < -0.39 is 15.3 Å². The zero-order valence-electron chi connectivity index (χ0n) is 7.71. The summed E-state index contributed by atoms with van der Waals surface area (Å²) >= 11 is 0. The van der Waals surface area contributed by atoms with Gasteiger partial charge in [0.05, 0.1) is 0 Å². The largest absolute Gasteiger partial charge is 0.427 e. The van der Waals surface area contributed by atoms with E-state index in [1.807, 2.05) is 0 Å². The van der Waals surface area contributed by atoms with Crippen molar-refractivity contribution < 1.29 is 22.7 Å². The van der Waals surface area contributed by atoms with Gasteiger partial charge in [0.1, 0.15) is 12.0 Å². The summed E-state index contributed by atoms with van der Waals surface area (Å²) in [5.41, 5.74) is 0.401. The van der Waals surface area contributed by atoms with Crippen molar-refractivity contribution in [2.24, 2.45) is 0 Å². The average Bonchev–Trinajstić information content (AvgIpc) is 2.16. The fourth-order valence-electron chi connectivity index (χ4n) is 0.842. The third-order valence-electron chi connectivity index (χ3n) is 1.43. The standard InChI is InChI=1S/C8H6ClNO5S/c9-16(13,14)10-8(12)15-7-3-1-6(5-11)2-4-7/h1-5H,(H,10,12). The van der Waals surface area contributed by atoms with Crippen LogP contribution >= 0.6 is 10.7 Å². The third kappa shape index (κ3) is 4.28. The molecule has 0 heterocycles. The maximum absolute atomic E-state index is 10.9. The predicted molar refractivity (Wildman–Crippen MR) is 55.8 cm³/mol. The molecule has 0 saturated heterocycles. The molecule has 0 atom stereocenters. The van der Waals surface area contributed by atoms with Gasteiger partial charge in [-0.25, -0.2) is 9.52 Å². The highest BCUT2D eigenvalue weighted by atomic mass is 35.7. The second-order valence-electron chi connectivity index (χ2n) is 2.62. The maximum Gasteiger partial charge on any atom is 0.427 e.